The predicted molar refractivity (Wildman–Crippen MR) is 93.3 cm³/mol. The van der Waals surface area contributed by atoms with Crippen molar-refractivity contribution in [3.05, 3.63) is 33.0 Å². The fourth-order valence-corrected chi connectivity index (χ4v) is 5.52. The quantitative estimate of drug-likeness (QED) is 0.613. The van der Waals surface area contributed by atoms with Gasteiger partial charge in [-0.05, 0) is 67.5 Å². The Morgan fingerprint density at radius 1 is 0.842 bits per heavy atom. The van der Waals surface area contributed by atoms with E-state index in [4.69, 9.17) is 0 Å². The summed E-state index contributed by atoms with van der Waals surface area (Å²) in [5.74, 6) is 0. The van der Waals surface area contributed by atoms with E-state index in [1.807, 2.05) is 0 Å². The van der Waals surface area contributed by atoms with E-state index in [0.717, 1.165) is 8.42 Å². The lowest BCUT2D eigenvalue weighted by Crippen LogP contribution is -1.86. The summed E-state index contributed by atoms with van der Waals surface area (Å²) in [5, 5.41) is 0. The minimum Gasteiger partial charge on any atom is -0.134 e. The summed E-state index contributed by atoms with van der Waals surface area (Å²) in [4.78, 5) is 2.77. The Labute approximate surface area is 133 Å². The SMILES string of the molecule is Cc1sc(S)cc1C1=C(c2cc(S)sc2C)CCC1. The Hall–Kier alpha value is -0.160. The highest BCUT2D eigenvalue weighted by molar-refractivity contribution is 7.83. The van der Waals surface area contributed by atoms with Crippen molar-refractivity contribution in [1.29, 1.82) is 0 Å². The highest BCUT2D eigenvalue weighted by Crippen LogP contribution is 2.45. The second-order valence-corrected chi connectivity index (χ2v) is 9.00. The number of aryl methyl sites for hydroxylation is 2. The zero-order valence-corrected chi connectivity index (χ0v) is 14.4. The average molecular weight is 325 g/mol. The molecule has 100 valence electrons. The molecule has 2 aromatic rings. The van der Waals surface area contributed by atoms with E-state index in [-0.39, 0.29) is 0 Å². The fourth-order valence-electron chi connectivity index (χ4n) is 2.87. The van der Waals surface area contributed by atoms with Crippen LogP contribution in [0.4, 0.5) is 0 Å². The zero-order chi connectivity index (χ0) is 13.6. The molecule has 0 radical (unpaired) electrons. The van der Waals surface area contributed by atoms with Crippen molar-refractivity contribution in [2.75, 3.05) is 0 Å². The molecule has 1 aliphatic rings. The van der Waals surface area contributed by atoms with E-state index < -0.39 is 0 Å². The average Bonchev–Trinajstić information content (AvgIpc) is 2.98. The van der Waals surface area contributed by atoms with Crippen LogP contribution in [0.2, 0.25) is 0 Å². The summed E-state index contributed by atoms with van der Waals surface area (Å²) in [7, 11) is 0. The third-order valence-electron chi connectivity index (χ3n) is 3.68. The lowest BCUT2D eigenvalue weighted by molar-refractivity contribution is 0.941. The van der Waals surface area contributed by atoms with Crippen LogP contribution in [0.5, 0.6) is 0 Å². The van der Waals surface area contributed by atoms with Crippen LogP contribution in [-0.2, 0) is 0 Å². The summed E-state index contributed by atoms with van der Waals surface area (Å²) in [5.41, 5.74) is 5.88. The minimum atomic E-state index is 1.11. The van der Waals surface area contributed by atoms with Crippen LogP contribution >= 0.6 is 47.9 Å². The number of thiophene rings is 2. The second-order valence-electron chi connectivity index (χ2n) is 4.92. The molecule has 19 heavy (non-hydrogen) atoms. The van der Waals surface area contributed by atoms with Crippen LogP contribution in [0.25, 0.3) is 11.1 Å². The second kappa shape index (κ2) is 5.32. The van der Waals surface area contributed by atoms with E-state index in [0.29, 0.717) is 0 Å². The Bertz CT molecular complexity index is 601. The molecule has 0 saturated carbocycles. The smallest absolute Gasteiger partial charge is 0.0577 e. The van der Waals surface area contributed by atoms with E-state index in [2.05, 4.69) is 51.2 Å². The zero-order valence-electron chi connectivity index (χ0n) is 11.0. The molecule has 0 N–H and O–H groups in total. The molecule has 3 rings (SSSR count). The molecule has 2 heterocycles. The first kappa shape index (κ1) is 13.8. The monoisotopic (exact) mass is 324 g/mol. The Balaban J connectivity index is 2.15. The largest absolute Gasteiger partial charge is 0.134 e. The van der Waals surface area contributed by atoms with Crippen LogP contribution in [0, 0.1) is 13.8 Å². The van der Waals surface area contributed by atoms with Crippen molar-refractivity contribution in [2.24, 2.45) is 0 Å². The highest BCUT2D eigenvalue weighted by atomic mass is 32.2. The van der Waals surface area contributed by atoms with Gasteiger partial charge in [-0.2, -0.15) is 0 Å². The first-order chi connectivity index (χ1) is 9.06. The van der Waals surface area contributed by atoms with E-state index in [1.165, 1.54) is 51.3 Å². The molecule has 0 nitrogen and oxygen atoms in total. The number of hydrogen-bond acceptors (Lipinski definition) is 4. The molecule has 2 aromatic heterocycles. The Kier molecular flexibility index (Phi) is 3.87. The van der Waals surface area contributed by atoms with Crippen LogP contribution in [0.15, 0.2) is 20.6 Å². The van der Waals surface area contributed by atoms with Gasteiger partial charge in [0.1, 0.15) is 0 Å². The highest BCUT2D eigenvalue weighted by Gasteiger charge is 2.22. The maximum Gasteiger partial charge on any atom is 0.0577 e. The normalized spacial score (nSPS) is 15.6. The molecule has 0 atom stereocenters. The minimum absolute atomic E-state index is 1.11. The fraction of sp³-hybridized carbons (Fsp3) is 0.333. The molecule has 0 bridgehead atoms. The molecular formula is C15H16S4. The van der Waals surface area contributed by atoms with Gasteiger partial charge in [0.15, 0.2) is 0 Å². The molecular weight excluding hydrogens is 308 g/mol. The van der Waals surface area contributed by atoms with Crippen molar-refractivity contribution in [2.45, 2.75) is 41.5 Å². The van der Waals surface area contributed by atoms with Crippen LogP contribution in [-0.4, -0.2) is 0 Å². The lowest BCUT2D eigenvalue weighted by atomic mass is 9.98. The van der Waals surface area contributed by atoms with Gasteiger partial charge in [-0.25, -0.2) is 0 Å². The first-order valence-electron chi connectivity index (χ1n) is 6.38. The lowest BCUT2D eigenvalue weighted by Gasteiger charge is -2.07. The van der Waals surface area contributed by atoms with Crippen LogP contribution in [0.1, 0.15) is 40.1 Å². The molecule has 0 unspecified atom stereocenters. The van der Waals surface area contributed by atoms with Crippen LogP contribution < -0.4 is 0 Å². The molecule has 0 saturated heterocycles. The van der Waals surface area contributed by atoms with Gasteiger partial charge < -0.3 is 0 Å². The van der Waals surface area contributed by atoms with Gasteiger partial charge in [0, 0.05) is 9.75 Å². The predicted octanol–water partition coefficient (Wildman–Crippen LogP) is 6.10. The van der Waals surface area contributed by atoms with Crippen molar-refractivity contribution in [1.82, 2.24) is 0 Å². The maximum atomic E-state index is 4.49. The van der Waals surface area contributed by atoms with E-state index >= 15 is 0 Å². The molecule has 0 aliphatic heterocycles. The molecule has 4 heteroatoms. The molecule has 0 aromatic carbocycles. The van der Waals surface area contributed by atoms with Gasteiger partial charge in [0.2, 0.25) is 0 Å². The van der Waals surface area contributed by atoms with Crippen molar-refractivity contribution in [3.8, 4) is 0 Å². The van der Waals surface area contributed by atoms with Gasteiger partial charge >= 0.3 is 0 Å². The third-order valence-corrected chi connectivity index (χ3v) is 6.19. The Morgan fingerprint density at radius 2 is 1.26 bits per heavy atom. The summed E-state index contributed by atoms with van der Waals surface area (Å²) in [6, 6.07) is 4.46. The van der Waals surface area contributed by atoms with Crippen molar-refractivity contribution in [3.63, 3.8) is 0 Å². The summed E-state index contributed by atoms with van der Waals surface area (Å²) in [6.07, 6.45) is 3.65. The van der Waals surface area contributed by atoms with Crippen molar-refractivity contribution >= 4 is 59.1 Å². The topological polar surface area (TPSA) is 0 Å². The summed E-state index contributed by atoms with van der Waals surface area (Å²) < 4.78 is 2.23. The van der Waals surface area contributed by atoms with Gasteiger partial charge in [0.05, 0.1) is 8.42 Å². The maximum absolute atomic E-state index is 4.49. The standard InChI is InChI=1S/C15H16S4/c1-8-12(6-14(16)18-8)10-4-3-5-11(10)13-7-15(17)19-9(13)2/h6-7,16-17H,3-5H2,1-2H3. The molecule has 0 fully saturated rings. The molecule has 0 spiro atoms. The molecule has 0 amide bonds. The van der Waals surface area contributed by atoms with E-state index in [9.17, 15) is 0 Å². The molecule has 1 aliphatic carbocycles. The summed E-state index contributed by atoms with van der Waals surface area (Å²) in [6.45, 7) is 4.40. The number of hydrogen-bond donors (Lipinski definition) is 2. The first-order valence-corrected chi connectivity index (χ1v) is 8.90. The van der Waals surface area contributed by atoms with Gasteiger partial charge in [-0.1, -0.05) is 0 Å². The third kappa shape index (κ3) is 2.56. The van der Waals surface area contributed by atoms with Gasteiger partial charge in [-0.15, -0.1) is 47.9 Å². The Morgan fingerprint density at radius 3 is 1.58 bits per heavy atom. The van der Waals surface area contributed by atoms with Gasteiger partial charge in [0.25, 0.3) is 0 Å². The number of thiol groups is 2. The summed E-state index contributed by atoms with van der Waals surface area (Å²) >= 11 is 12.5. The van der Waals surface area contributed by atoms with Gasteiger partial charge in [-0.3, -0.25) is 0 Å². The van der Waals surface area contributed by atoms with E-state index in [1.54, 1.807) is 22.7 Å². The number of rotatable bonds is 2. The van der Waals surface area contributed by atoms with Crippen molar-refractivity contribution < 1.29 is 0 Å². The van der Waals surface area contributed by atoms with Crippen LogP contribution in [0.3, 0.4) is 0 Å². The number of allylic oxidation sites excluding steroid dienone is 2.